The monoisotopic (exact) mass is 298 g/mol. The third kappa shape index (κ3) is 4.39. The van der Waals surface area contributed by atoms with Crippen molar-refractivity contribution in [2.75, 3.05) is 13.1 Å². The summed E-state index contributed by atoms with van der Waals surface area (Å²) in [5.74, 6) is -0.156. The van der Waals surface area contributed by atoms with Gasteiger partial charge in [-0.15, -0.1) is 0 Å². The number of halogens is 1. The van der Waals surface area contributed by atoms with Crippen LogP contribution in [0.3, 0.4) is 0 Å². The smallest absolute Gasteiger partial charge is 0.123 e. The number of nitrogens with zero attached hydrogens (tertiary/aromatic N) is 1. The molecule has 1 heterocycles. The predicted octanol–water partition coefficient (Wildman–Crippen LogP) is 3.58. The Bertz CT molecular complexity index is 577. The average Bonchev–Trinajstić information content (AvgIpc) is 2.55. The molecule has 0 atom stereocenters. The van der Waals surface area contributed by atoms with Crippen LogP contribution in [-0.2, 0) is 13.1 Å². The average molecular weight is 298 g/mol. The number of nitrogens with one attached hydrogen (secondary N) is 1. The lowest BCUT2D eigenvalue weighted by Crippen LogP contribution is -2.41. The first-order valence-electron chi connectivity index (χ1n) is 8.04. The van der Waals surface area contributed by atoms with Gasteiger partial charge in [0, 0.05) is 19.1 Å². The number of benzene rings is 2. The van der Waals surface area contributed by atoms with E-state index in [0.29, 0.717) is 6.04 Å². The molecule has 1 fully saturated rings. The number of piperidine rings is 1. The second-order valence-corrected chi connectivity index (χ2v) is 6.05. The van der Waals surface area contributed by atoms with Gasteiger partial charge in [0.05, 0.1) is 0 Å². The molecule has 0 spiro atoms. The molecule has 0 aliphatic carbocycles. The van der Waals surface area contributed by atoms with Crippen molar-refractivity contribution >= 4 is 0 Å². The first kappa shape index (κ1) is 15.2. The Kier molecular flexibility index (Phi) is 5.20. The van der Waals surface area contributed by atoms with Crippen LogP contribution >= 0.6 is 0 Å². The van der Waals surface area contributed by atoms with Gasteiger partial charge in [0.1, 0.15) is 5.82 Å². The molecule has 3 rings (SSSR count). The lowest BCUT2D eigenvalue weighted by atomic mass is 10.0. The maximum Gasteiger partial charge on any atom is 0.123 e. The van der Waals surface area contributed by atoms with Crippen LogP contribution in [0, 0.1) is 5.82 Å². The standard InChI is InChI=1S/C19H23FN2/c20-18-8-4-7-17(13-18)14-21-19-9-11-22(12-10-19)15-16-5-2-1-3-6-16/h1-8,13,19,21H,9-12,14-15H2. The Labute approximate surface area is 132 Å². The molecule has 1 aliphatic rings. The third-order valence-corrected chi connectivity index (χ3v) is 4.32. The van der Waals surface area contributed by atoms with Crippen LogP contribution in [0.1, 0.15) is 24.0 Å². The third-order valence-electron chi connectivity index (χ3n) is 4.32. The van der Waals surface area contributed by atoms with E-state index in [1.807, 2.05) is 6.07 Å². The van der Waals surface area contributed by atoms with E-state index < -0.39 is 0 Å². The van der Waals surface area contributed by atoms with Gasteiger partial charge in [-0.1, -0.05) is 42.5 Å². The minimum absolute atomic E-state index is 0.156. The van der Waals surface area contributed by atoms with Crippen molar-refractivity contribution in [3.05, 3.63) is 71.5 Å². The first-order valence-corrected chi connectivity index (χ1v) is 8.04. The Morgan fingerprint density at radius 1 is 0.955 bits per heavy atom. The van der Waals surface area contributed by atoms with Crippen molar-refractivity contribution in [3.8, 4) is 0 Å². The molecular weight excluding hydrogens is 275 g/mol. The van der Waals surface area contributed by atoms with Crippen molar-refractivity contribution in [3.63, 3.8) is 0 Å². The molecule has 22 heavy (non-hydrogen) atoms. The number of likely N-dealkylation sites (tertiary alicyclic amines) is 1. The van der Waals surface area contributed by atoms with Crippen LogP contribution < -0.4 is 5.32 Å². The summed E-state index contributed by atoms with van der Waals surface area (Å²) < 4.78 is 13.2. The fraction of sp³-hybridized carbons (Fsp3) is 0.368. The molecule has 2 aromatic carbocycles. The summed E-state index contributed by atoms with van der Waals surface area (Å²) in [6.07, 6.45) is 2.31. The van der Waals surface area contributed by atoms with Gasteiger partial charge in [-0.3, -0.25) is 4.90 Å². The second kappa shape index (κ2) is 7.52. The molecule has 0 amide bonds. The Morgan fingerprint density at radius 3 is 2.41 bits per heavy atom. The van der Waals surface area contributed by atoms with E-state index >= 15 is 0 Å². The van der Waals surface area contributed by atoms with E-state index in [1.54, 1.807) is 12.1 Å². The topological polar surface area (TPSA) is 15.3 Å². The molecule has 1 aliphatic heterocycles. The largest absolute Gasteiger partial charge is 0.310 e. The van der Waals surface area contributed by atoms with E-state index in [9.17, 15) is 4.39 Å². The highest BCUT2D eigenvalue weighted by molar-refractivity contribution is 5.16. The van der Waals surface area contributed by atoms with Crippen LogP contribution in [0.2, 0.25) is 0 Å². The molecule has 2 aromatic rings. The van der Waals surface area contributed by atoms with Gasteiger partial charge < -0.3 is 5.32 Å². The van der Waals surface area contributed by atoms with E-state index in [2.05, 4.69) is 40.5 Å². The van der Waals surface area contributed by atoms with Crippen LogP contribution in [-0.4, -0.2) is 24.0 Å². The molecule has 1 saturated heterocycles. The van der Waals surface area contributed by atoms with E-state index in [4.69, 9.17) is 0 Å². The highest BCUT2D eigenvalue weighted by Gasteiger charge is 2.18. The SMILES string of the molecule is Fc1cccc(CNC2CCN(Cc3ccccc3)CC2)c1. The van der Waals surface area contributed by atoms with Gasteiger partial charge in [-0.05, 0) is 49.2 Å². The normalized spacial score (nSPS) is 16.8. The predicted molar refractivity (Wildman–Crippen MR) is 88.0 cm³/mol. The van der Waals surface area contributed by atoms with Gasteiger partial charge >= 0.3 is 0 Å². The Morgan fingerprint density at radius 2 is 1.68 bits per heavy atom. The highest BCUT2D eigenvalue weighted by Crippen LogP contribution is 2.14. The molecule has 0 aromatic heterocycles. The number of rotatable bonds is 5. The van der Waals surface area contributed by atoms with Gasteiger partial charge in [0.2, 0.25) is 0 Å². The summed E-state index contributed by atoms with van der Waals surface area (Å²) in [4.78, 5) is 2.51. The molecule has 0 bridgehead atoms. The van der Waals surface area contributed by atoms with Crippen LogP contribution in [0.4, 0.5) is 4.39 Å². The quantitative estimate of drug-likeness (QED) is 0.907. The first-order chi connectivity index (χ1) is 10.8. The summed E-state index contributed by atoms with van der Waals surface area (Å²) in [6.45, 7) is 4.03. The van der Waals surface area contributed by atoms with Crippen molar-refractivity contribution in [2.45, 2.75) is 32.0 Å². The zero-order valence-electron chi connectivity index (χ0n) is 12.8. The maximum atomic E-state index is 13.2. The zero-order valence-corrected chi connectivity index (χ0v) is 12.8. The minimum atomic E-state index is -0.156. The van der Waals surface area contributed by atoms with Crippen LogP contribution in [0.15, 0.2) is 54.6 Å². The Balaban J connectivity index is 1.42. The fourth-order valence-corrected chi connectivity index (χ4v) is 3.05. The van der Waals surface area contributed by atoms with Gasteiger partial charge in [0.25, 0.3) is 0 Å². The summed E-state index contributed by atoms with van der Waals surface area (Å²) in [7, 11) is 0. The molecule has 0 unspecified atom stereocenters. The molecular formula is C19H23FN2. The zero-order chi connectivity index (χ0) is 15.2. The van der Waals surface area contributed by atoms with E-state index in [0.717, 1.165) is 44.6 Å². The highest BCUT2D eigenvalue weighted by atomic mass is 19.1. The summed E-state index contributed by atoms with van der Waals surface area (Å²) in [5, 5.41) is 3.56. The summed E-state index contributed by atoms with van der Waals surface area (Å²) in [5.41, 5.74) is 2.40. The summed E-state index contributed by atoms with van der Waals surface area (Å²) >= 11 is 0. The number of hydrogen-bond donors (Lipinski definition) is 1. The molecule has 0 saturated carbocycles. The maximum absolute atomic E-state index is 13.2. The van der Waals surface area contributed by atoms with Gasteiger partial charge in [0.15, 0.2) is 0 Å². The number of hydrogen-bond acceptors (Lipinski definition) is 2. The lowest BCUT2D eigenvalue weighted by Gasteiger charge is -2.32. The lowest BCUT2D eigenvalue weighted by molar-refractivity contribution is 0.190. The molecule has 3 heteroatoms. The molecule has 1 N–H and O–H groups in total. The van der Waals surface area contributed by atoms with Crippen molar-refractivity contribution in [2.24, 2.45) is 0 Å². The van der Waals surface area contributed by atoms with Gasteiger partial charge in [-0.2, -0.15) is 0 Å². The van der Waals surface area contributed by atoms with Crippen molar-refractivity contribution in [1.82, 2.24) is 10.2 Å². The van der Waals surface area contributed by atoms with E-state index in [-0.39, 0.29) is 5.82 Å². The molecule has 2 nitrogen and oxygen atoms in total. The Hall–Kier alpha value is -1.71. The fourth-order valence-electron chi connectivity index (χ4n) is 3.05. The van der Waals surface area contributed by atoms with Crippen LogP contribution in [0.5, 0.6) is 0 Å². The minimum Gasteiger partial charge on any atom is -0.310 e. The van der Waals surface area contributed by atoms with Crippen LogP contribution in [0.25, 0.3) is 0 Å². The second-order valence-electron chi connectivity index (χ2n) is 6.05. The summed E-state index contributed by atoms with van der Waals surface area (Å²) in [6, 6.07) is 18.0. The van der Waals surface area contributed by atoms with Gasteiger partial charge in [-0.25, -0.2) is 4.39 Å². The molecule has 116 valence electrons. The van der Waals surface area contributed by atoms with E-state index in [1.165, 1.54) is 11.6 Å². The van der Waals surface area contributed by atoms with Crippen molar-refractivity contribution in [1.29, 1.82) is 0 Å². The molecule has 0 radical (unpaired) electrons. The van der Waals surface area contributed by atoms with Crippen molar-refractivity contribution < 1.29 is 4.39 Å².